The van der Waals surface area contributed by atoms with Crippen LogP contribution in [0.15, 0.2) is 11.5 Å². The van der Waals surface area contributed by atoms with Crippen molar-refractivity contribution in [1.82, 2.24) is 0 Å². The van der Waals surface area contributed by atoms with Crippen LogP contribution in [0, 0.1) is 0 Å². The Kier molecular flexibility index (Phi) is 2.22. The number of hydrogen-bond acceptors (Lipinski definition) is 3. The third-order valence-corrected chi connectivity index (χ3v) is 4.20. The lowest BCUT2D eigenvalue weighted by atomic mass is 10.1. The van der Waals surface area contributed by atoms with E-state index in [1.165, 1.54) is 0 Å². The molecular weight excluding hydrogens is 184 g/mol. The third-order valence-electron chi connectivity index (χ3n) is 2.80. The van der Waals surface area contributed by atoms with E-state index in [0.717, 1.165) is 11.5 Å². The average molecular weight is 200 g/mol. The summed E-state index contributed by atoms with van der Waals surface area (Å²) in [5, 5.41) is 1.09. The second-order valence-electron chi connectivity index (χ2n) is 3.82. The highest BCUT2D eigenvalue weighted by Crippen LogP contribution is 2.41. The van der Waals surface area contributed by atoms with Crippen LogP contribution in [0.4, 0.5) is 0 Å². The van der Waals surface area contributed by atoms with Crippen molar-refractivity contribution in [3.63, 3.8) is 0 Å². The Morgan fingerprint density at radius 2 is 1.31 bits per heavy atom. The second kappa shape index (κ2) is 3.12. The molecule has 0 spiro atoms. The fourth-order valence-electron chi connectivity index (χ4n) is 1.93. The minimum absolute atomic E-state index is 0.253. The summed E-state index contributed by atoms with van der Waals surface area (Å²) in [6, 6.07) is 0. The lowest BCUT2D eigenvalue weighted by Gasteiger charge is -2.31. The molecule has 0 aromatic rings. The number of hydrogen-bond donors (Lipinski definition) is 0. The van der Waals surface area contributed by atoms with E-state index in [9.17, 15) is 0 Å². The van der Waals surface area contributed by atoms with Gasteiger partial charge in [0.05, 0.1) is 0 Å². The molecule has 2 heterocycles. The third kappa shape index (κ3) is 1.43. The first kappa shape index (κ1) is 9.25. The molecule has 0 aromatic carbocycles. The maximum absolute atomic E-state index is 5.84. The standard InChI is InChI=1S/C10H16O2S/c1-5-6(2)12-10-8(4)13-7(3)9(10)11-5/h7-10H,1-4H3. The molecule has 13 heavy (non-hydrogen) atoms. The number of fused-ring (bicyclic) bond motifs is 1. The SMILES string of the molecule is CC1=C(C)OC2C(C)SC(C)C2O1. The maximum Gasteiger partial charge on any atom is 0.148 e. The number of thioether (sulfide) groups is 1. The van der Waals surface area contributed by atoms with Crippen LogP contribution in [0.25, 0.3) is 0 Å². The lowest BCUT2D eigenvalue weighted by molar-refractivity contribution is -0.0516. The van der Waals surface area contributed by atoms with Crippen molar-refractivity contribution in [3.8, 4) is 0 Å². The molecule has 2 aliphatic heterocycles. The fourth-order valence-corrected chi connectivity index (χ4v) is 3.34. The Hall–Kier alpha value is -0.310. The molecule has 1 saturated heterocycles. The van der Waals surface area contributed by atoms with Gasteiger partial charge in [-0.05, 0) is 27.7 Å². The minimum atomic E-state index is 0.253. The van der Waals surface area contributed by atoms with Gasteiger partial charge in [0, 0.05) is 10.5 Å². The molecule has 0 saturated carbocycles. The molecule has 0 aliphatic carbocycles. The number of rotatable bonds is 0. The van der Waals surface area contributed by atoms with Gasteiger partial charge in [-0.15, -0.1) is 11.8 Å². The van der Waals surface area contributed by atoms with E-state index >= 15 is 0 Å². The summed E-state index contributed by atoms with van der Waals surface area (Å²) in [5.41, 5.74) is 0. The zero-order chi connectivity index (χ0) is 9.59. The van der Waals surface area contributed by atoms with E-state index in [4.69, 9.17) is 9.47 Å². The van der Waals surface area contributed by atoms with Gasteiger partial charge >= 0.3 is 0 Å². The summed E-state index contributed by atoms with van der Waals surface area (Å²) in [5.74, 6) is 1.89. The average Bonchev–Trinajstić information content (AvgIpc) is 2.31. The Morgan fingerprint density at radius 3 is 1.69 bits per heavy atom. The van der Waals surface area contributed by atoms with E-state index in [0.29, 0.717) is 10.5 Å². The molecule has 2 aliphatic rings. The molecule has 2 rings (SSSR count). The summed E-state index contributed by atoms with van der Waals surface area (Å²) in [6.07, 6.45) is 0.507. The van der Waals surface area contributed by atoms with Gasteiger partial charge in [-0.3, -0.25) is 0 Å². The van der Waals surface area contributed by atoms with Gasteiger partial charge in [0.15, 0.2) is 0 Å². The molecule has 1 fully saturated rings. The van der Waals surface area contributed by atoms with Crippen LogP contribution in [0.1, 0.15) is 27.7 Å². The highest BCUT2D eigenvalue weighted by atomic mass is 32.2. The number of ether oxygens (including phenoxy) is 2. The van der Waals surface area contributed by atoms with Crippen LogP contribution in [0.3, 0.4) is 0 Å². The molecule has 2 nitrogen and oxygen atoms in total. The normalized spacial score (nSPS) is 44.0. The first-order chi connectivity index (χ1) is 6.09. The molecule has 0 amide bonds. The molecule has 0 N–H and O–H groups in total. The molecule has 0 aromatic heterocycles. The Balaban J connectivity index is 2.21. The van der Waals surface area contributed by atoms with E-state index in [1.807, 2.05) is 25.6 Å². The van der Waals surface area contributed by atoms with Gasteiger partial charge < -0.3 is 9.47 Å². The van der Waals surface area contributed by atoms with Crippen LogP contribution in [-0.4, -0.2) is 22.7 Å². The van der Waals surface area contributed by atoms with Crippen molar-refractivity contribution in [2.45, 2.75) is 50.4 Å². The summed E-state index contributed by atoms with van der Waals surface area (Å²) < 4.78 is 11.7. The largest absolute Gasteiger partial charge is 0.487 e. The minimum Gasteiger partial charge on any atom is -0.487 e. The lowest BCUT2D eigenvalue weighted by Crippen LogP contribution is -2.38. The summed E-state index contributed by atoms with van der Waals surface area (Å²) in [7, 11) is 0. The molecular formula is C10H16O2S. The van der Waals surface area contributed by atoms with Crippen molar-refractivity contribution >= 4 is 11.8 Å². The predicted octanol–water partition coefficient (Wildman–Crippen LogP) is 2.55. The summed E-state index contributed by atoms with van der Waals surface area (Å²) in [6.45, 7) is 8.38. The van der Waals surface area contributed by atoms with Gasteiger partial charge in [0.2, 0.25) is 0 Å². The van der Waals surface area contributed by atoms with Crippen molar-refractivity contribution in [3.05, 3.63) is 11.5 Å². The first-order valence-corrected chi connectivity index (χ1v) is 5.70. The van der Waals surface area contributed by atoms with Gasteiger partial charge in [-0.25, -0.2) is 0 Å². The highest BCUT2D eigenvalue weighted by molar-refractivity contribution is 8.00. The zero-order valence-electron chi connectivity index (χ0n) is 8.53. The summed E-state index contributed by atoms with van der Waals surface area (Å²) in [4.78, 5) is 0. The second-order valence-corrected chi connectivity index (χ2v) is 5.58. The van der Waals surface area contributed by atoms with E-state index in [-0.39, 0.29) is 12.2 Å². The first-order valence-electron chi connectivity index (χ1n) is 4.76. The molecule has 0 bridgehead atoms. The van der Waals surface area contributed by atoms with Crippen LogP contribution >= 0.6 is 11.8 Å². The van der Waals surface area contributed by atoms with Crippen LogP contribution < -0.4 is 0 Å². The summed E-state index contributed by atoms with van der Waals surface area (Å²) >= 11 is 1.95. The van der Waals surface area contributed by atoms with Gasteiger partial charge in [0.25, 0.3) is 0 Å². The topological polar surface area (TPSA) is 18.5 Å². The molecule has 4 unspecified atom stereocenters. The van der Waals surface area contributed by atoms with Crippen LogP contribution in [0.5, 0.6) is 0 Å². The van der Waals surface area contributed by atoms with Crippen molar-refractivity contribution in [1.29, 1.82) is 0 Å². The van der Waals surface area contributed by atoms with Crippen molar-refractivity contribution in [2.24, 2.45) is 0 Å². The molecule has 0 radical (unpaired) electrons. The predicted molar refractivity (Wildman–Crippen MR) is 54.6 cm³/mol. The van der Waals surface area contributed by atoms with Crippen LogP contribution in [-0.2, 0) is 9.47 Å². The van der Waals surface area contributed by atoms with E-state index in [2.05, 4.69) is 13.8 Å². The van der Waals surface area contributed by atoms with E-state index < -0.39 is 0 Å². The fraction of sp³-hybridized carbons (Fsp3) is 0.800. The smallest absolute Gasteiger partial charge is 0.148 e. The highest BCUT2D eigenvalue weighted by Gasteiger charge is 2.45. The van der Waals surface area contributed by atoms with E-state index in [1.54, 1.807) is 0 Å². The monoisotopic (exact) mass is 200 g/mol. The quantitative estimate of drug-likeness (QED) is 0.598. The van der Waals surface area contributed by atoms with Crippen LogP contribution in [0.2, 0.25) is 0 Å². The zero-order valence-corrected chi connectivity index (χ0v) is 9.35. The molecule has 3 heteroatoms. The molecule has 4 atom stereocenters. The number of allylic oxidation sites excluding steroid dienone is 2. The maximum atomic E-state index is 5.84. The van der Waals surface area contributed by atoms with Gasteiger partial charge in [0.1, 0.15) is 23.7 Å². The van der Waals surface area contributed by atoms with Crippen molar-refractivity contribution in [2.75, 3.05) is 0 Å². The Bertz CT molecular complexity index is 225. The van der Waals surface area contributed by atoms with Crippen molar-refractivity contribution < 1.29 is 9.47 Å². The Labute approximate surface area is 83.7 Å². The van der Waals surface area contributed by atoms with Gasteiger partial charge in [-0.1, -0.05) is 0 Å². The Morgan fingerprint density at radius 1 is 0.923 bits per heavy atom. The van der Waals surface area contributed by atoms with Gasteiger partial charge in [-0.2, -0.15) is 0 Å². The molecule has 74 valence electrons.